The first-order chi connectivity index (χ1) is 17.9. The molecular weight excluding hydrogens is 472 g/mol. The molecule has 0 fully saturated rings. The van der Waals surface area contributed by atoms with E-state index in [9.17, 15) is 14.7 Å². The summed E-state index contributed by atoms with van der Waals surface area (Å²) in [6.07, 6.45) is 7.63. The Balaban J connectivity index is 1.45. The quantitative estimate of drug-likeness (QED) is 0.327. The molecule has 1 amide bonds. The summed E-state index contributed by atoms with van der Waals surface area (Å²) in [4.78, 5) is 30.8. The van der Waals surface area contributed by atoms with Crippen LogP contribution >= 0.6 is 0 Å². The normalized spacial score (nSPS) is 15.2. The molecule has 192 valence electrons. The van der Waals surface area contributed by atoms with Crippen LogP contribution in [0.15, 0.2) is 71.2 Å². The summed E-state index contributed by atoms with van der Waals surface area (Å²) in [5.41, 5.74) is 3.11. The predicted molar refractivity (Wildman–Crippen MR) is 139 cm³/mol. The fraction of sp³-hybridized carbons (Fsp3) is 0.276. The van der Waals surface area contributed by atoms with Crippen LogP contribution in [0.25, 0.3) is 11.5 Å². The van der Waals surface area contributed by atoms with Gasteiger partial charge in [0.25, 0.3) is 0 Å². The lowest BCUT2D eigenvalue weighted by atomic mass is 9.92. The first-order valence-corrected chi connectivity index (χ1v) is 12.1. The molecule has 0 radical (unpaired) electrons. The first-order valence-electron chi connectivity index (χ1n) is 12.1. The first kappa shape index (κ1) is 25.8. The summed E-state index contributed by atoms with van der Waals surface area (Å²) in [5, 5.41) is 9.95. The summed E-state index contributed by atoms with van der Waals surface area (Å²) in [5.74, 6) is 1.13. The molecular formula is C29H30N2O6. The van der Waals surface area contributed by atoms with Gasteiger partial charge in [0.15, 0.2) is 6.04 Å². The van der Waals surface area contributed by atoms with Crippen LogP contribution in [0.1, 0.15) is 35.5 Å². The number of hydrogen-bond donors (Lipinski definition) is 1. The third-order valence-electron chi connectivity index (χ3n) is 6.24. The minimum absolute atomic E-state index is 0.334. The molecule has 3 aromatic rings. The highest BCUT2D eigenvalue weighted by Crippen LogP contribution is 2.33. The lowest BCUT2D eigenvalue weighted by Gasteiger charge is -2.34. The number of hydrogen-bond acceptors (Lipinski definition) is 6. The zero-order valence-corrected chi connectivity index (χ0v) is 21.1. The van der Waals surface area contributed by atoms with Gasteiger partial charge in [-0.1, -0.05) is 24.3 Å². The molecule has 37 heavy (non-hydrogen) atoms. The van der Waals surface area contributed by atoms with E-state index < -0.39 is 12.0 Å². The molecule has 1 atom stereocenters. The molecule has 1 aromatic heterocycles. The average Bonchev–Trinajstić information content (AvgIpc) is 3.28. The zero-order chi connectivity index (χ0) is 26.4. The van der Waals surface area contributed by atoms with Crippen molar-refractivity contribution in [3.63, 3.8) is 0 Å². The Morgan fingerprint density at radius 2 is 1.92 bits per heavy atom. The molecule has 1 N–H and O–H groups in total. The van der Waals surface area contributed by atoms with Gasteiger partial charge < -0.3 is 23.9 Å². The van der Waals surface area contributed by atoms with E-state index in [1.807, 2.05) is 50.2 Å². The van der Waals surface area contributed by atoms with Gasteiger partial charge in [-0.2, -0.15) is 0 Å². The molecule has 2 heterocycles. The predicted octanol–water partition coefficient (Wildman–Crippen LogP) is 4.92. The smallest absolute Gasteiger partial charge is 0.331 e. The molecule has 0 saturated heterocycles. The number of rotatable bonds is 9. The van der Waals surface area contributed by atoms with Gasteiger partial charge in [0.2, 0.25) is 11.8 Å². The van der Waals surface area contributed by atoms with Crippen LogP contribution in [-0.4, -0.2) is 47.1 Å². The van der Waals surface area contributed by atoms with Crippen LogP contribution in [-0.2, 0) is 22.4 Å². The second-order valence-electron chi connectivity index (χ2n) is 8.62. The molecule has 1 unspecified atom stereocenters. The summed E-state index contributed by atoms with van der Waals surface area (Å²) in [7, 11) is 1.62. The lowest BCUT2D eigenvalue weighted by molar-refractivity contribution is -0.149. The molecule has 1 aliphatic heterocycles. The van der Waals surface area contributed by atoms with Crippen molar-refractivity contribution in [1.82, 2.24) is 9.88 Å². The van der Waals surface area contributed by atoms with Crippen LogP contribution < -0.4 is 9.47 Å². The molecule has 8 nitrogen and oxygen atoms in total. The number of carboxylic acids is 1. The lowest BCUT2D eigenvalue weighted by Crippen LogP contribution is -2.42. The molecule has 1 aliphatic rings. The topological polar surface area (TPSA) is 102 Å². The van der Waals surface area contributed by atoms with E-state index in [0.717, 1.165) is 22.6 Å². The van der Waals surface area contributed by atoms with E-state index in [1.165, 1.54) is 11.0 Å². The SMILES string of the molecule is CC=CC=CC(=O)N1CCc2ccc(OCCc3nc(-c4ccc(OC)cc4)oc3C)cc2C1C(=O)O. The molecule has 8 heteroatoms. The second kappa shape index (κ2) is 11.6. The number of amides is 1. The monoisotopic (exact) mass is 502 g/mol. The second-order valence-corrected chi connectivity index (χ2v) is 8.62. The van der Waals surface area contributed by atoms with Gasteiger partial charge in [-0.15, -0.1) is 0 Å². The van der Waals surface area contributed by atoms with Crippen molar-refractivity contribution < 1.29 is 28.6 Å². The van der Waals surface area contributed by atoms with E-state index in [-0.39, 0.29) is 5.91 Å². The third-order valence-corrected chi connectivity index (χ3v) is 6.24. The molecule has 2 aromatic carbocycles. The summed E-state index contributed by atoms with van der Waals surface area (Å²) in [6.45, 7) is 4.38. The molecule has 4 rings (SSSR count). The number of methoxy groups -OCH3 is 1. The summed E-state index contributed by atoms with van der Waals surface area (Å²) >= 11 is 0. The van der Waals surface area contributed by atoms with E-state index >= 15 is 0 Å². The number of carbonyl (C=O) groups is 2. The van der Waals surface area contributed by atoms with E-state index in [2.05, 4.69) is 4.98 Å². The van der Waals surface area contributed by atoms with Crippen molar-refractivity contribution in [2.75, 3.05) is 20.3 Å². The Morgan fingerprint density at radius 1 is 1.16 bits per heavy atom. The highest BCUT2D eigenvalue weighted by Gasteiger charge is 2.35. The highest BCUT2D eigenvalue weighted by molar-refractivity contribution is 5.92. The van der Waals surface area contributed by atoms with E-state index in [1.54, 1.807) is 31.4 Å². The number of carboxylic acid groups (broad SMARTS) is 1. The van der Waals surface area contributed by atoms with Gasteiger partial charge in [-0.25, -0.2) is 9.78 Å². The number of aryl methyl sites for hydroxylation is 1. The van der Waals surface area contributed by atoms with Gasteiger partial charge >= 0.3 is 5.97 Å². The van der Waals surface area contributed by atoms with Gasteiger partial charge in [-0.3, -0.25) is 4.79 Å². The maximum Gasteiger partial charge on any atom is 0.331 e. The Hall–Kier alpha value is -4.33. The number of aliphatic carboxylic acids is 1. The minimum atomic E-state index is -1.07. The van der Waals surface area contributed by atoms with Crippen LogP contribution in [0.4, 0.5) is 0 Å². The van der Waals surface area contributed by atoms with Crippen molar-refractivity contribution in [2.45, 2.75) is 32.7 Å². The molecule has 0 saturated carbocycles. The van der Waals surface area contributed by atoms with Crippen molar-refractivity contribution >= 4 is 11.9 Å². The van der Waals surface area contributed by atoms with Gasteiger partial charge in [0.1, 0.15) is 17.3 Å². The number of aromatic nitrogens is 1. The van der Waals surface area contributed by atoms with Gasteiger partial charge in [0.05, 0.1) is 19.4 Å². The van der Waals surface area contributed by atoms with Crippen molar-refractivity contribution in [3.05, 3.63) is 89.3 Å². The van der Waals surface area contributed by atoms with Crippen molar-refractivity contribution in [3.8, 4) is 23.0 Å². The standard InChI is InChI=1S/C29H30N2O6/c1-4-5-6-7-26(32)31-16-14-20-8-13-23(18-24(20)27(31)29(33)34)36-17-15-25-19(2)37-28(30-25)21-9-11-22(35-3)12-10-21/h4-13,18,27H,14-17H2,1-3H3,(H,33,34). The van der Waals surface area contributed by atoms with Gasteiger partial charge in [-0.05, 0) is 67.8 Å². The zero-order valence-electron chi connectivity index (χ0n) is 21.1. The maximum atomic E-state index is 12.7. The molecule has 0 aliphatic carbocycles. The fourth-order valence-corrected chi connectivity index (χ4v) is 4.31. The number of ether oxygens (including phenoxy) is 2. The third kappa shape index (κ3) is 5.91. The number of carbonyl (C=O) groups excluding carboxylic acids is 1. The summed E-state index contributed by atoms with van der Waals surface area (Å²) in [6, 6.07) is 11.8. The number of benzene rings is 2. The Bertz CT molecular complexity index is 1320. The number of nitrogens with zero attached hydrogens (tertiary/aromatic N) is 2. The van der Waals surface area contributed by atoms with Crippen LogP contribution in [0.3, 0.4) is 0 Å². The highest BCUT2D eigenvalue weighted by atomic mass is 16.5. The number of fused-ring (bicyclic) bond motifs is 1. The van der Waals surface area contributed by atoms with Gasteiger partial charge in [0, 0.05) is 24.6 Å². The Labute approximate surface area is 215 Å². The average molecular weight is 503 g/mol. The fourth-order valence-electron chi connectivity index (χ4n) is 4.31. The van der Waals surface area contributed by atoms with E-state index in [4.69, 9.17) is 13.9 Å². The number of oxazole rings is 1. The minimum Gasteiger partial charge on any atom is -0.497 e. The van der Waals surface area contributed by atoms with Crippen molar-refractivity contribution in [1.29, 1.82) is 0 Å². The Kier molecular flexibility index (Phi) is 8.08. The maximum absolute atomic E-state index is 12.7. The summed E-state index contributed by atoms with van der Waals surface area (Å²) < 4.78 is 17.0. The van der Waals surface area contributed by atoms with Crippen LogP contribution in [0.5, 0.6) is 11.5 Å². The van der Waals surface area contributed by atoms with E-state index in [0.29, 0.717) is 49.0 Å². The van der Waals surface area contributed by atoms with Crippen LogP contribution in [0.2, 0.25) is 0 Å². The van der Waals surface area contributed by atoms with Crippen molar-refractivity contribution in [2.24, 2.45) is 0 Å². The number of allylic oxidation sites excluding steroid dienone is 3. The largest absolute Gasteiger partial charge is 0.497 e. The molecule has 0 spiro atoms. The van der Waals surface area contributed by atoms with Crippen LogP contribution in [0, 0.1) is 6.92 Å². The molecule has 0 bridgehead atoms. The Morgan fingerprint density at radius 3 is 2.62 bits per heavy atom.